The molecule has 0 aliphatic carbocycles. The first-order valence-electron chi connectivity index (χ1n) is 8.08. The van der Waals surface area contributed by atoms with Crippen molar-refractivity contribution in [2.75, 3.05) is 0 Å². The largest absolute Gasteiger partial charge is 0.414 e. The van der Waals surface area contributed by atoms with E-state index in [4.69, 9.17) is 16.3 Å². The molecule has 140 valence electrons. The minimum absolute atomic E-state index is 0.0527. The normalized spacial score (nSPS) is 11.0. The molecule has 2 aromatic heterocycles. The third-order valence-corrected chi connectivity index (χ3v) is 4.01. The van der Waals surface area contributed by atoms with Crippen molar-refractivity contribution in [3.63, 3.8) is 0 Å². The van der Waals surface area contributed by atoms with Crippen LogP contribution in [-0.2, 0) is 6.54 Å². The number of carbonyl (C=O) groups excluding carboxylic acids is 1. The van der Waals surface area contributed by atoms with E-state index < -0.39 is 11.0 Å². The predicted octanol–water partition coefficient (Wildman–Crippen LogP) is 3.70. The van der Waals surface area contributed by atoms with E-state index in [0.717, 1.165) is 5.56 Å². The van der Waals surface area contributed by atoms with Crippen molar-refractivity contribution in [3.8, 4) is 5.88 Å². The highest BCUT2D eigenvalue weighted by Crippen LogP contribution is 2.25. The molecule has 1 amide bonds. The Labute approximate surface area is 159 Å². The summed E-state index contributed by atoms with van der Waals surface area (Å²) in [5.74, 6) is 0.289. The number of halogens is 1. The number of nitrogens with zero attached hydrogens (tertiary/aromatic N) is 4. The topological polar surface area (TPSA) is 112 Å². The molecule has 0 aliphatic heterocycles. The molecule has 0 bridgehead atoms. The number of nitro groups is 1. The molecule has 0 atom stereocenters. The number of benzene rings is 1. The summed E-state index contributed by atoms with van der Waals surface area (Å²) in [6.45, 7) is 4.05. The molecule has 0 fully saturated rings. The summed E-state index contributed by atoms with van der Waals surface area (Å²) < 4.78 is 6.69. The van der Waals surface area contributed by atoms with Crippen molar-refractivity contribution in [2.45, 2.75) is 26.3 Å². The zero-order valence-corrected chi connectivity index (χ0v) is 15.3. The van der Waals surface area contributed by atoms with E-state index >= 15 is 0 Å². The second-order valence-electron chi connectivity index (χ2n) is 6.08. The number of hydrogen-bond acceptors (Lipinski definition) is 6. The molecule has 0 unspecified atom stereocenters. The zero-order valence-electron chi connectivity index (χ0n) is 14.5. The molecule has 3 aromatic rings. The van der Waals surface area contributed by atoms with Gasteiger partial charge in [-0.2, -0.15) is 9.61 Å². The number of fused-ring (bicyclic) bond motifs is 1. The number of rotatable bonds is 5. The molecule has 1 N–H and O–H groups in total. The first-order valence-corrected chi connectivity index (χ1v) is 8.46. The van der Waals surface area contributed by atoms with Gasteiger partial charge in [-0.1, -0.05) is 37.6 Å². The zero-order chi connectivity index (χ0) is 19.6. The van der Waals surface area contributed by atoms with Crippen LogP contribution in [0.1, 0.15) is 30.9 Å². The van der Waals surface area contributed by atoms with Gasteiger partial charge in [0.2, 0.25) is 5.88 Å². The molecule has 0 spiro atoms. The molecule has 0 aliphatic rings. The Morgan fingerprint density at radius 2 is 2.19 bits per heavy atom. The van der Waals surface area contributed by atoms with Gasteiger partial charge in [0, 0.05) is 30.3 Å². The predicted molar refractivity (Wildman–Crippen MR) is 98.0 cm³/mol. The Bertz CT molecular complexity index is 1020. The Morgan fingerprint density at radius 3 is 2.89 bits per heavy atom. The lowest BCUT2D eigenvalue weighted by Crippen LogP contribution is -2.27. The SMILES string of the molecule is CC(C)c1cnn2c(OC(=O)NCc3cccc([N+](=O)[O-])c3)cc(Cl)nc12. The highest BCUT2D eigenvalue weighted by molar-refractivity contribution is 6.29. The van der Waals surface area contributed by atoms with E-state index in [-0.39, 0.29) is 29.2 Å². The number of nitrogens with one attached hydrogen (secondary N) is 1. The number of carbonyl (C=O) groups is 1. The Morgan fingerprint density at radius 1 is 1.41 bits per heavy atom. The number of nitro benzene ring substituents is 1. The van der Waals surface area contributed by atoms with Gasteiger partial charge < -0.3 is 10.1 Å². The van der Waals surface area contributed by atoms with Crippen molar-refractivity contribution >= 4 is 29.0 Å². The first kappa shape index (κ1) is 18.6. The summed E-state index contributed by atoms with van der Waals surface area (Å²) in [6.07, 6.45) is 0.906. The fourth-order valence-electron chi connectivity index (χ4n) is 2.49. The lowest BCUT2D eigenvalue weighted by molar-refractivity contribution is -0.384. The molecule has 0 saturated carbocycles. The van der Waals surface area contributed by atoms with Gasteiger partial charge in [0.25, 0.3) is 5.69 Å². The van der Waals surface area contributed by atoms with Gasteiger partial charge >= 0.3 is 6.09 Å². The van der Waals surface area contributed by atoms with E-state index in [1.165, 1.54) is 22.7 Å². The van der Waals surface area contributed by atoms with E-state index in [0.29, 0.717) is 11.2 Å². The molecule has 0 saturated heterocycles. The molecular formula is C17H16ClN5O4. The summed E-state index contributed by atoms with van der Waals surface area (Å²) in [5, 5.41) is 17.7. The van der Waals surface area contributed by atoms with Crippen LogP contribution < -0.4 is 10.1 Å². The van der Waals surface area contributed by atoms with Crippen molar-refractivity contribution < 1.29 is 14.5 Å². The second kappa shape index (κ2) is 7.58. The molecular weight excluding hydrogens is 374 g/mol. The monoisotopic (exact) mass is 389 g/mol. The van der Waals surface area contributed by atoms with E-state index in [9.17, 15) is 14.9 Å². The number of non-ortho nitro benzene ring substituents is 1. The maximum Gasteiger partial charge on any atom is 0.414 e. The number of hydrogen-bond donors (Lipinski definition) is 1. The van der Waals surface area contributed by atoms with Crippen LogP contribution in [0.5, 0.6) is 5.88 Å². The molecule has 1 aromatic carbocycles. The summed E-state index contributed by atoms with van der Waals surface area (Å²) in [4.78, 5) is 26.7. The average Bonchev–Trinajstić information content (AvgIpc) is 3.04. The molecule has 0 radical (unpaired) electrons. The van der Waals surface area contributed by atoms with E-state index in [1.807, 2.05) is 13.8 Å². The van der Waals surface area contributed by atoms with Gasteiger partial charge in [-0.05, 0) is 11.5 Å². The van der Waals surface area contributed by atoms with Crippen molar-refractivity contribution in [1.29, 1.82) is 0 Å². The summed E-state index contributed by atoms with van der Waals surface area (Å²) >= 11 is 6.03. The molecule has 9 nitrogen and oxygen atoms in total. The van der Waals surface area contributed by atoms with Crippen LogP contribution in [0.3, 0.4) is 0 Å². The number of aromatic nitrogens is 3. The van der Waals surface area contributed by atoms with Gasteiger partial charge in [-0.25, -0.2) is 9.78 Å². The maximum absolute atomic E-state index is 12.1. The summed E-state index contributed by atoms with van der Waals surface area (Å²) in [7, 11) is 0. The Hall–Kier alpha value is -3.20. The maximum atomic E-state index is 12.1. The fourth-order valence-corrected chi connectivity index (χ4v) is 2.66. The lowest BCUT2D eigenvalue weighted by Gasteiger charge is -2.09. The third-order valence-electron chi connectivity index (χ3n) is 3.81. The number of amides is 1. The quantitative estimate of drug-likeness (QED) is 0.404. The number of ether oxygens (including phenoxy) is 1. The van der Waals surface area contributed by atoms with Gasteiger partial charge in [-0.3, -0.25) is 10.1 Å². The molecule has 2 heterocycles. The minimum Gasteiger partial charge on any atom is -0.391 e. The van der Waals surface area contributed by atoms with Gasteiger partial charge in [-0.15, -0.1) is 0 Å². The van der Waals surface area contributed by atoms with Crippen LogP contribution in [0.25, 0.3) is 5.65 Å². The third kappa shape index (κ3) is 4.14. The highest BCUT2D eigenvalue weighted by atomic mass is 35.5. The Kier molecular flexibility index (Phi) is 5.22. The standard InChI is InChI=1S/C17H16ClN5O4/c1-10(2)13-9-20-22-15(7-14(18)21-16(13)22)27-17(24)19-8-11-4-3-5-12(6-11)23(25)26/h3-7,9-10H,8H2,1-2H3,(H,19,24). The van der Waals surface area contributed by atoms with Crippen LogP contribution in [0.15, 0.2) is 36.5 Å². The second-order valence-corrected chi connectivity index (χ2v) is 6.46. The summed E-state index contributed by atoms with van der Waals surface area (Å²) in [5.41, 5.74) is 1.90. The van der Waals surface area contributed by atoms with Gasteiger partial charge in [0.05, 0.1) is 11.1 Å². The van der Waals surface area contributed by atoms with Crippen LogP contribution in [0.2, 0.25) is 5.15 Å². The van der Waals surface area contributed by atoms with Crippen LogP contribution in [0, 0.1) is 10.1 Å². The highest BCUT2D eigenvalue weighted by Gasteiger charge is 2.16. The Balaban J connectivity index is 1.74. The molecule has 10 heteroatoms. The first-order chi connectivity index (χ1) is 12.8. The smallest absolute Gasteiger partial charge is 0.391 e. The van der Waals surface area contributed by atoms with Crippen LogP contribution in [-0.4, -0.2) is 25.6 Å². The molecule has 3 rings (SSSR count). The average molecular weight is 390 g/mol. The van der Waals surface area contributed by atoms with Gasteiger partial charge in [0.1, 0.15) is 5.15 Å². The van der Waals surface area contributed by atoms with Crippen LogP contribution in [0.4, 0.5) is 10.5 Å². The lowest BCUT2D eigenvalue weighted by atomic mass is 10.1. The minimum atomic E-state index is -0.744. The fraction of sp³-hybridized carbons (Fsp3) is 0.235. The van der Waals surface area contributed by atoms with Crippen molar-refractivity contribution in [3.05, 3.63) is 62.9 Å². The van der Waals surface area contributed by atoms with Crippen molar-refractivity contribution in [2.24, 2.45) is 0 Å². The van der Waals surface area contributed by atoms with E-state index in [1.54, 1.807) is 18.3 Å². The summed E-state index contributed by atoms with van der Waals surface area (Å²) in [6, 6.07) is 7.35. The van der Waals surface area contributed by atoms with Crippen molar-refractivity contribution in [1.82, 2.24) is 19.9 Å². The van der Waals surface area contributed by atoms with Crippen LogP contribution >= 0.6 is 11.6 Å². The molecule has 27 heavy (non-hydrogen) atoms. The van der Waals surface area contributed by atoms with Gasteiger partial charge in [0.15, 0.2) is 5.65 Å². The van der Waals surface area contributed by atoms with E-state index in [2.05, 4.69) is 15.4 Å².